The molecule has 0 amide bonds. The SMILES string of the molecule is Cc1ccc(S(=O)(=O)n2ccnc2-c2ccc(C)o2)cc1. The van der Waals surface area contributed by atoms with Crippen LogP contribution in [0.3, 0.4) is 0 Å². The van der Waals surface area contributed by atoms with E-state index in [1.807, 2.05) is 6.92 Å². The summed E-state index contributed by atoms with van der Waals surface area (Å²) in [6.45, 7) is 3.70. The van der Waals surface area contributed by atoms with Crippen molar-refractivity contribution >= 4 is 10.0 Å². The molecule has 6 heteroatoms. The van der Waals surface area contributed by atoms with Crippen LogP contribution < -0.4 is 0 Å². The van der Waals surface area contributed by atoms with Gasteiger partial charge in [-0.1, -0.05) is 17.7 Å². The van der Waals surface area contributed by atoms with Gasteiger partial charge in [0.15, 0.2) is 11.6 Å². The monoisotopic (exact) mass is 302 g/mol. The quantitative estimate of drug-likeness (QED) is 0.746. The minimum absolute atomic E-state index is 0.218. The molecule has 0 N–H and O–H groups in total. The van der Waals surface area contributed by atoms with E-state index in [9.17, 15) is 8.42 Å². The summed E-state index contributed by atoms with van der Waals surface area (Å²) in [6, 6.07) is 10.2. The zero-order chi connectivity index (χ0) is 15.0. The molecule has 0 saturated heterocycles. The first kappa shape index (κ1) is 13.6. The van der Waals surface area contributed by atoms with Crippen molar-refractivity contribution in [3.63, 3.8) is 0 Å². The summed E-state index contributed by atoms with van der Waals surface area (Å²) < 4.78 is 32.0. The van der Waals surface area contributed by atoms with Crippen molar-refractivity contribution in [1.82, 2.24) is 8.96 Å². The van der Waals surface area contributed by atoms with Crippen LogP contribution in [0, 0.1) is 13.8 Å². The minimum Gasteiger partial charge on any atom is -0.458 e. The molecule has 0 aliphatic carbocycles. The maximum Gasteiger partial charge on any atom is 0.269 e. The Morgan fingerprint density at radius 3 is 2.38 bits per heavy atom. The number of hydrogen-bond donors (Lipinski definition) is 0. The van der Waals surface area contributed by atoms with Gasteiger partial charge in [0.05, 0.1) is 4.90 Å². The number of nitrogens with zero attached hydrogens (tertiary/aromatic N) is 2. The molecule has 0 radical (unpaired) electrons. The molecule has 0 bridgehead atoms. The topological polar surface area (TPSA) is 65.1 Å². The van der Waals surface area contributed by atoms with Gasteiger partial charge in [0.2, 0.25) is 0 Å². The number of furan rings is 1. The third-order valence-corrected chi connectivity index (χ3v) is 4.83. The highest BCUT2D eigenvalue weighted by molar-refractivity contribution is 7.90. The molecule has 3 aromatic rings. The molecule has 2 heterocycles. The summed E-state index contributed by atoms with van der Waals surface area (Å²) in [5.41, 5.74) is 1.00. The summed E-state index contributed by atoms with van der Waals surface area (Å²) in [5, 5.41) is 0. The van der Waals surface area contributed by atoms with Crippen molar-refractivity contribution in [2.24, 2.45) is 0 Å². The molecule has 0 aliphatic heterocycles. The van der Waals surface area contributed by atoms with Gasteiger partial charge in [0, 0.05) is 12.4 Å². The van der Waals surface area contributed by atoms with Crippen LogP contribution in [0.2, 0.25) is 0 Å². The number of imidazole rings is 1. The molecule has 2 aromatic heterocycles. The lowest BCUT2D eigenvalue weighted by Crippen LogP contribution is -2.13. The predicted molar refractivity (Wildman–Crippen MR) is 78.4 cm³/mol. The maximum atomic E-state index is 12.7. The van der Waals surface area contributed by atoms with Crippen molar-refractivity contribution in [3.8, 4) is 11.6 Å². The number of aromatic nitrogens is 2. The van der Waals surface area contributed by atoms with Crippen molar-refractivity contribution < 1.29 is 12.8 Å². The Morgan fingerprint density at radius 1 is 1.05 bits per heavy atom. The lowest BCUT2D eigenvalue weighted by molar-refractivity contribution is 0.541. The van der Waals surface area contributed by atoms with Gasteiger partial charge >= 0.3 is 0 Å². The van der Waals surface area contributed by atoms with E-state index in [2.05, 4.69) is 4.98 Å². The summed E-state index contributed by atoms with van der Waals surface area (Å²) in [5.74, 6) is 1.39. The van der Waals surface area contributed by atoms with Gasteiger partial charge in [-0.3, -0.25) is 0 Å². The fourth-order valence-corrected chi connectivity index (χ4v) is 3.32. The number of aryl methyl sites for hydroxylation is 2. The predicted octanol–water partition coefficient (Wildman–Crippen LogP) is 3.00. The molecule has 21 heavy (non-hydrogen) atoms. The Morgan fingerprint density at radius 2 is 1.76 bits per heavy atom. The van der Waals surface area contributed by atoms with E-state index in [4.69, 9.17) is 4.42 Å². The summed E-state index contributed by atoms with van der Waals surface area (Å²) >= 11 is 0. The summed E-state index contributed by atoms with van der Waals surface area (Å²) in [6.07, 6.45) is 2.86. The molecular weight excluding hydrogens is 288 g/mol. The van der Waals surface area contributed by atoms with E-state index in [0.29, 0.717) is 11.5 Å². The summed E-state index contributed by atoms with van der Waals surface area (Å²) in [7, 11) is -3.69. The molecule has 108 valence electrons. The van der Waals surface area contributed by atoms with Crippen molar-refractivity contribution in [2.75, 3.05) is 0 Å². The second-order valence-corrected chi connectivity index (χ2v) is 6.59. The van der Waals surface area contributed by atoms with Crippen LogP contribution in [0.15, 0.2) is 58.1 Å². The number of hydrogen-bond acceptors (Lipinski definition) is 4. The Bertz CT molecular complexity index is 874. The second kappa shape index (κ2) is 4.89. The third-order valence-electron chi connectivity index (χ3n) is 3.15. The molecule has 0 atom stereocenters. The van der Waals surface area contributed by atoms with Crippen LogP contribution in [0.4, 0.5) is 0 Å². The van der Waals surface area contributed by atoms with Gasteiger partial charge in [0.25, 0.3) is 10.0 Å². The first-order chi connectivity index (χ1) is 9.98. The van der Waals surface area contributed by atoms with Gasteiger partial charge in [-0.15, -0.1) is 0 Å². The van der Waals surface area contributed by atoms with E-state index >= 15 is 0 Å². The van der Waals surface area contributed by atoms with E-state index in [1.165, 1.54) is 12.4 Å². The smallest absolute Gasteiger partial charge is 0.269 e. The average Bonchev–Trinajstić information content (AvgIpc) is 3.07. The fraction of sp³-hybridized carbons (Fsp3) is 0.133. The number of rotatable bonds is 3. The Kier molecular flexibility index (Phi) is 3.17. The molecule has 0 aliphatic rings. The summed E-state index contributed by atoms with van der Waals surface area (Å²) in [4.78, 5) is 4.32. The van der Waals surface area contributed by atoms with Gasteiger partial charge in [-0.2, -0.15) is 0 Å². The molecule has 0 spiro atoms. The zero-order valence-corrected chi connectivity index (χ0v) is 12.5. The van der Waals surface area contributed by atoms with Crippen LogP contribution >= 0.6 is 0 Å². The van der Waals surface area contributed by atoms with Gasteiger partial charge in [-0.05, 0) is 38.1 Å². The lowest BCUT2D eigenvalue weighted by Gasteiger charge is -2.08. The third kappa shape index (κ3) is 2.38. The Balaban J connectivity index is 2.13. The van der Waals surface area contributed by atoms with Crippen LogP contribution in [0.5, 0.6) is 0 Å². The standard InChI is InChI=1S/C15H14N2O3S/c1-11-3-6-13(7-4-11)21(18,19)17-10-9-16-15(17)14-8-5-12(2)20-14/h3-10H,1-2H3. The molecule has 0 saturated carbocycles. The van der Waals surface area contributed by atoms with Crippen LogP contribution in [0.1, 0.15) is 11.3 Å². The molecule has 1 aromatic carbocycles. The molecule has 5 nitrogen and oxygen atoms in total. The average molecular weight is 302 g/mol. The van der Waals surface area contributed by atoms with Crippen LogP contribution in [0.25, 0.3) is 11.6 Å². The van der Waals surface area contributed by atoms with Crippen molar-refractivity contribution in [1.29, 1.82) is 0 Å². The second-order valence-electron chi connectivity index (χ2n) is 4.78. The Labute approximate surface area is 122 Å². The molecular formula is C15H14N2O3S. The first-order valence-corrected chi connectivity index (χ1v) is 7.85. The highest BCUT2D eigenvalue weighted by Crippen LogP contribution is 2.24. The highest BCUT2D eigenvalue weighted by atomic mass is 32.2. The highest BCUT2D eigenvalue weighted by Gasteiger charge is 2.22. The zero-order valence-electron chi connectivity index (χ0n) is 11.6. The van der Waals surface area contributed by atoms with Gasteiger partial charge in [0.1, 0.15) is 5.76 Å². The first-order valence-electron chi connectivity index (χ1n) is 6.41. The minimum atomic E-state index is -3.69. The lowest BCUT2D eigenvalue weighted by atomic mass is 10.2. The van der Waals surface area contributed by atoms with Crippen molar-refractivity contribution in [2.45, 2.75) is 18.7 Å². The normalized spacial score (nSPS) is 11.7. The van der Waals surface area contributed by atoms with Gasteiger partial charge < -0.3 is 4.42 Å². The van der Waals surface area contributed by atoms with Gasteiger partial charge in [-0.25, -0.2) is 17.4 Å². The maximum absolute atomic E-state index is 12.7. The largest absolute Gasteiger partial charge is 0.458 e. The van der Waals surface area contributed by atoms with Crippen LogP contribution in [-0.4, -0.2) is 17.4 Å². The number of benzene rings is 1. The fourth-order valence-electron chi connectivity index (χ4n) is 2.04. The van der Waals surface area contributed by atoms with Crippen molar-refractivity contribution in [3.05, 3.63) is 60.1 Å². The molecule has 0 fully saturated rings. The van der Waals surface area contributed by atoms with Crippen LogP contribution in [-0.2, 0) is 10.0 Å². The van der Waals surface area contributed by atoms with E-state index in [1.54, 1.807) is 43.3 Å². The molecule has 3 rings (SSSR count). The van der Waals surface area contributed by atoms with E-state index in [-0.39, 0.29) is 10.7 Å². The molecule has 0 unspecified atom stereocenters. The van der Waals surface area contributed by atoms with E-state index in [0.717, 1.165) is 9.54 Å². The van der Waals surface area contributed by atoms with E-state index < -0.39 is 10.0 Å². The Hall–Kier alpha value is -2.34.